The Kier molecular flexibility index (Phi) is 6.25. The molecular weight excluding hydrogens is 242 g/mol. The van der Waals surface area contributed by atoms with Crippen LogP contribution in [0, 0.1) is 0 Å². The second-order valence-corrected chi connectivity index (χ2v) is 12.4. The van der Waals surface area contributed by atoms with Gasteiger partial charge in [0.05, 0.1) is 7.11 Å². The average molecular weight is 265 g/mol. The van der Waals surface area contributed by atoms with E-state index in [2.05, 4.69) is 28.4 Å². The molecule has 0 spiro atoms. The number of carbonyl (C=O) groups excluding carboxylic acids is 1. The highest BCUT2D eigenvalue weighted by Crippen LogP contribution is 2.09. The van der Waals surface area contributed by atoms with Crippen LogP contribution in [0.2, 0.25) is 19.6 Å². The molecule has 0 aliphatic carbocycles. The van der Waals surface area contributed by atoms with Crippen molar-refractivity contribution in [1.29, 1.82) is 0 Å². The highest BCUT2D eigenvalue weighted by atomic mass is 32.2. The van der Waals surface area contributed by atoms with Crippen molar-refractivity contribution in [2.75, 3.05) is 19.1 Å². The maximum absolute atomic E-state index is 12.1. The summed E-state index contributed by atoms with van der Waals surface area (Å²) in [5, 5.41) is 0. The second-order valence-electron chi connectivity index (χ2n) is 4.96. The topological polar surface area (TPSA) is 55.7 Å². The molecule has 1 atom stereocenters. The summed E-state index contributed by atoms with van der Waals surface area (Å²) in [6.07, 6.45) is 3.60. The van der Waals surface area contributed by atoms with Crippen LogP contribution in [-0.4, -0.2) is 37.5 Å². The Hall–Kier alpha value is -0.363. The van der Waals surface area contributed by atoms with E-state index in [-0.39, 0.29) is 5.97 Å². The fourth-order valence-corrected chi connectivity index (χ4v) is 7.11. The molecule has 0 unspecified atom stereocenters. The Labute approximate surface area is 100 Å². The third kappa shape index (κ3) is 8.91. The number of nitrogens with zero attached hydrogens (tertiary/aromatic N) is 1. The van der Waals surface area contributed by atoms with Crippen molar-refractivity contribution in [3.8, 4) is 0 Å². The lowest BCUT2D eigenvalue weighted by Crippen LogP contribution is -2.20. The minimum absolute atomic E-state index is 0.204. The Bertz CT molecular complexity index is 340. The summed E-state index contributed by atoms with van der Waals surface area (Å²) in [6.45, 7) is 6.22. The van der Waals surface area contributed by atoms with E-state index in [1.165, 1.54) is 7.11 Å². The maximum Gasteiger partial charge on any atom is 0.305 e. The Balaban J connectivity index is 4.07. The number of hydrogen-bond donors (Lipinski definition) is 0. The van der Waals surface area contributed by atoms with Gasteiger partial charge in [0.25, 0.3) is 0 Å². The van der Waals surface area contributed by atoms with Crippen LogP contribution in [0.3, 0.4) is 0 Å². The predicted octanol–water partition coefficient (Wildman–Crippen LogP) is 2.26. The molecule has 0 aromatic heterocycles. The zero-order chi connectivity index (χ0) is 12.8. The van der Waals surface area contributed by atoms with Crippen LogP contribution >= 0.6 is 0 Å². The molecule has 0 aliphatic rings. The number of hydrogen-bond acceptors (Lipinski definition) is 4. The number of methoxy groups -OCH3 is 1. The van der Waals surface area contributed by atoms with Crippen LogP contribution in [-0.2, 0) is 19.3 Å². The van der Waals surface area contributed by atoms with Gasteiger partial charge in [0.15, 0.2) is 8.24 Å². The van der Waals surface area contributed by atoms with Gasteiger partial charge in [-0.1, -0.05) is 0 Å². The third-order valence-electron chi connectivity index (χ3n) is 1.85. The minimum atomic E-state index is -2.06. The summed E-state index contributed by atoms with van der Waals surface area (Å²) < 4.78 is 21.0. The van der Waals surface area contributed by atoms with Crippen LogP contribution in [0.1, 0.15) is 19.3 Å². The molecule has 0 bridgehead atoms. The van der Waals surface area contributed by atoms with Gasteiger partial charge in [-0.3, -0.25) is 13.0 Å². The lowest BCUT2D eigenvalue weighted by Gasteiger charge is -2.12. The highest BCUT2D eigenvalue weighted by Gasteiger charge is 2.15. The molecule has 0 rings (SSSR count). The molecule has 0 aliphatic heterocycles. The fourth-order valence-electron chi connectivity index (χ4n) is 1.37. The van der Waals surface area contributed by atoms with Crippen LogP contribution in [0.15, 0.2) is 4.03 Å². The second kappa shape index (κ2) is 6.39. The smallest absolute Gasteiger partial charge is 0.305 e. The van der Waals surface area contributed by atoms with Crippen molar-refractivity contribution < 1.29 is 13.7 Å². The van der Waals surface area contributed by atoms with Crippen molar-refractivity contribution in [3.63, 3.8) is 0 Å². The van der Waals surface area contributed by atoms with Gasteiger partial charge in [0, 0.05) is 28.2 Å². The molecule has 0 saturated heterocycles. The van der Waals surface area contributed by atoms with Gasteiger partial charge in [-0.25, -0.2) is 0 Å². The summed E-state index contributed by atoms with van der Waals surface area (Å²) >= 11 is 0. The number of ether oxygens (including phenoxy) is 1. The van der Waals surface area contributed by atoms with Crippen LogP contribution in [0.5, 0.6) is 0 Å². The van der Waals surface area contributed by atoms with Gasteiger partial charge < -0.3 is 4.74 Å². The molecule has 0 aromatic carbocycles. The first-order chi connectivity index (χ1) is 7.16. The first kappa shape index (κ1) is 15.6. The van der Waals surface area contributed by atoms with Gasteiger partial charge in [0.1, 0.15) is 0 Å². The van der Waals surface area contributed by atoms with Crippen molar-refractivity contribution in [2.45, 2.75) is 38.9 Å². The predicted molar refractivity (Wildman–Crippen MR) is 70.6 cm³/mol. The monoisotopic (exact) mass is 265 g/mol. The summed E-state index contributed by atoms with van der Waals surface area (Å²) in [7, 11) is -2.30. The van der Waals surface area contributed by atoms with E-state index in [0.717, 1.165) is 12.8 Å². The van der Waals surface area contributed by atoms with Gasteiger partial charge in [-0.2, -0.15) is 0 Å². The van der Waals surface area contributed by atoms with Crippen molar-refractivity contribution in [2.24, 2.45) is 4.03 Å². The van der Waals surface area contributed by atoms with Gasteiger partial charge in [0.2, 0.25) is 0 Å². The molecule has 96 valence electrons. The number of esters is 1. The molecule has 16 heavy (non-hydrogen) atoms. The normalized spacial score (nSPS) is 15.3. The molecule has 4 nitrogen and oxygen atoms in total. The molecule has 0 N–H and O–H groups in total. The molecule has 6 heteroatoms. The first-order valence-electron chi connectivity index (χ1n) is 5.44. The van der Waals surface area contributed by atoms with Crippen molar-refractivity contribution in [3.05, 3.63) is 0 Å². The zero-order valence-electron chi connectivity index (χ0n) is 10.9. The Morgan fingerprint density at radius 3 is 2.31 bits per heavy atom. The van der Waals surface area contributed by atoms with Gasteiger partial charge >= 0.3 is 5.97 Å². The summed E-state index contributed by atoms with van der Waals surface area (Å²) in [5.74, 6) is 0.374. The fraction of sp³-hybridized carbons (Fsp3) is 0.900. The maximum atomic E-state index is 12.1. The van der Waals surface area contributed by atoms with Crippen LogP contribution in [0.25, 0.3) is 0 Å². The van der Waals surface area contributed by atoms with Crippen molar-refractivity contribution >= 4 is 23.9 Å². The average Bonchev–Trinajstić information content (AvgIpc) is 2.08. The largest absolute Gasteiger partial charge is 0.469 e. The van der Waals surface area contributed by atoms with Crippen LogP contribution in [0.4, 0.5) is 0 Å². The van der Waals surface area contributed by atoms with E-state index in [1.54, 1.807) is 6.26 Å². The minimum Gasteiger partial charge on any atom is -0.469 e. The zero-order valence-corrected chi connectivity index (χ0v) is 12.7. The number of rotatable bonds is 6. The Morgan fingerprint density at radius 2 is 1.88 bits per heavy atom. The molecule has 0 aromatic rings. The quantitative estimate of drug-likeness (QED) is 0.420. The molecule has 0 fully saturated rings. The lowest BCUT2D eigenvalue weighted by molar-refractivity contribution is -0.140. The number of carbonyl (C=O) groups is 1. The molecule has 0 saturated carbocycles. The van der Waals surface area contributed by atoms with E-state index in [1.807, 2.05) is 0 Å². The number of unbranched alkanes of at least 4 members (excludes halogenated alkanes) is 1. The summed E-state index contributed by atoms with van der Waals surface area (Å²) in [6, 6.07) is 0. The first-order valence-corrected chi connectivity index (χ1v) is 11.0. The standard InChI is InChI=1S/C10H23NO3SSi/c1-14-10(12)8-6-7-9-15(2,13)11-16(3,4)5/h6-9H2,1-5H3/t15-/m0/s1. The molecule has 0 amide bonds. The molecule has 0 heterocycles. The third-order valence-corrected chi connectivity index (χ3v) is 6.63. The summed E-state index contributed by atoms with van der Waals surface area (Å²) in [5.41, 5.74) is 0. The molecular formula is C10H23NO3SSi. The molecule has 0 radical (unpaired) electrons. The van der Waals surface area contributed by atoms with Crippen molar-refractivity contribution in [1.82, 2.24) is 0 Å². The van der Waals surface area contributed by atoms with E-state index >= 15 is 0 Å². The lowest BCUT2D eigenvalue weighted by atomic mass is 10.2. The Morgan fingerprint density at radius 1 is 1.31 bits per heavy atom. The van der Waals surface area contributed by atoms with E-state index < -0.39 is 18.0 Å². The summed E-state index contributed by atoms with van der Waals surface area (Å²) in [4.78, 5) is 10.9. The van der Waals surface area contributed by atoms with Crippen LogP contribution < -0.4 is 0 Å². The van der Waals surface area contributed by atoms with E-state index in [0.29, 0.717) is 12.2 Å². The van der Waals surface area contributed by atoms with Gasteiger partial charge in [-0.15, -0.1) is 0 Å². The SMILES string of the molecule is COC(=O)CCCC[S@](C)(=O)=N[Si](C)(C)C. The van der Waals surface area contributed by atoms with Gasteiger partial charge in [-0.05, 0) is 32.5 Å². The highest BCUT2D eigenvalue weighted by molar-refractivity contribution is 7.93. The van der Waals surface area contributed by atoms with E-state index in [4.69, 9.17) is 0 Å². The van der Waals surface area contributed by atoms with E-state index in [9.17, 15) is 9.00 Å².